The maximum Gasteiger partial charge on any atom is 0.418 e. The zero-order chi connectivity index (χ0) is 15.5. The van der Waals surface area contributed by atoms with Crippen LogP contribution in [-0.2, 0) is 6.18 Å². The van der Waals surface area contributed by atoms with Crippen molar-refractivity contribution >= 4 is 11.6 Å². The highest BCUT2D eigenvalue weighted by molar-refractivity contribution is 5.94. The average Bonchev–Trinajstić information content (AvgIpc) is 2.91. The quantitative estimate of drug-likeness (QED) is 0.835. The van der Waals surface area contributed by atoms with Gasteiger partial charge in [0.25, 0.3) is 5.91 Å². The van der Waals surface area contributed by atoms with Crippen LogP contribution in [0.3, 0.4) is 0 Å². The summed E-state index contributed by atoms with van der Waals surface area (Å²) in [6.45, 7) is 0.495. The number of carbonyl (C=O) groups is 1. The lowest BCUT2D eigenvalue weighted by Gasteiger charge is -2.13. The van der Waals surface area contributed by atoms with Crippen LogP contribution < -0.4 is 11.1 Å². The SMILES string of the molecule is Nc1ccc(C(=O)NCCC2CCCC2)cc1C(F)(F)F. The van der Waals surface area contributed by atoms with E-state index in [9.17, 15) is 18.0 Å². The van der Waals surface area contributed by atoms with Crippen molar-refractivity contribution in [3.63, 3.8) is 0 Å². The van der Waals surface area contributed by atoms with Gasteiger partial charge in [0.2, 0.25) is 0 Å². The van der Waals surface area contributed by atoms with E-state index in [1.807, 2.05) is 0 Å². The second-order valence-corrected chi connectivity index (χ2v) is 5.49. The van der Waals surface area contributed by atoms with Gasteiger partial charge in [0, 0.05) is 17.8 Å². The van der Waals surface area contributed by atoms with E-state index in [1.165, 1.54) is 31.7 Å². The van der Waals surface area contributed by atoms with Gasteiger partial charge in [-0.3, -0.25) is 4.79 Å². The first-order chi connectivity index (χ1) is 9.88. The Hall–Kier alpha value is -1.72. The molecule has 21 heavy (non-hydrogen) atoms. The summed E-state index contributed by atoms with van der Waals surface area (Å²) in [6, 6.07) is 3.24. The standard InChI is InChI=1S/C15H19F3N2O/c16-15(17,18)12-9-11(5-6-13(12)19)14(21)20-8-7-10-3-1-2-4-10/h5-6,9-10H,1-4,7-8,19H2,(H,20,21). The van der Waals surface area contributed by atoms with Gasteiger partial charge in [-0.2, -0.15) is 13.2 Å². The molecule has 1 saturated carbocycles. The zero-order valence-corrected chi connectivity index (χ0v) is 11.7. The molecule has 116 valence electrons. The minimum Gasteiger partial charge on any atom is -0.398 e. The van der Waals surface area contributed by atoms with Crippen molar-refractivity contribution in [1.29, 1.82) is 0 Å². The first-order valence-corrected chi connectivity index (χ1v) is 7.13. The molecule has 0 radical (unpaired) electrons. The number of nitrogens with one attached hydrogen (secondary N) is 1. The lowest BCUT2D eigenvalue weighted by molar-refractivity contribution is -0.136. The second kappa shape index (κ2) is 6.37. The summed E-state index contributed by atoms with van der Waals surface area (Å²) in [6.07, 6.45) is 1.14. The molecule has 1 amide bonds. The van der Waals surface area contributed by atoms with Crippen molar-refractivity contribution in [2.24, 2.45) is 5.92 Å². The van der Waals surface area contributed by atoms with Crippen LogP contribution in [0, 0.1) is 5.92 Å². The largest absolute Gasteiger partial charge is 0.418 e. The lowest BCUT2D eigenvalue weighted by atomic mass is 10.0. The Morgan fingerprint density at radius 3 is 2.57 bits per heavy atom. The molecule has 2 rings (SSSR count). The third kappa shape index (κ3) is 4.12. The van der Waals surface area contributed by atoms with Gasteiger partial charge >= 0.3 is 6.18 Å². The molecule has 0 spiro atoms. The molecule has 0 saturated heterocycles. The van der Waals surface area contributed by atoms with Crippen LogP contribution in [0.15, 0.2) is 18.2 Å². The van der Waals surface area contributed by atoms with Crippen molar-refractivity contribution in [3.8, 4) is 0 Å². The Morgan fingerprint density at radius 1 is 1.29 bits per heavy atom. The molecule has 1 aliphatic rings. The molecule has 1 aromatic carbocycles. The van der Waals surface area contributed by atoms with Crippen LogP contribution in [-0.4, -0.2) is 12.5 Å². The Bertz CT molecular complexity index is 508. The summed E-state index contributed by atoms with van der Waals surface area (Å²) in [5.41, 5.74) is 3.96. The predicted molar refractivity (Wildman–Crippen MR) is 74.8 cm³/mol. The summed E-state index contributed by atoms with van der Waals surface area (Å²) < 4.78 is 38.2. The van der Waals surface area contributed by atoms with Crippen LogP contribution in [0.4, 0.5) is 18.9 Å². The van der Waals surface area contributed by atoms with E-state index in [0.717, 1.165) is 18.6 Å². The van der Waals surface area contributed by atoms with Crippen molar-refractivity contribution in [2.75, 3.05) is 12.3 Å². The van der Waals surface area contributed by atoms with Gasteiger partial charge in [-0.25, -0.2) is 0 Å². The van der Waals surface area contributed by atoms with Crippen LogP contribution in [0.2, 0.25) is 0 Å². The van der Waals surface area contributed by atoms with Crippen molar-refractivity contribution in [2.45, 2.75) is 38.3 Å². The van der Waals surface area contributed by atoms with Gasteiger partial charge in [-0.1, -0.05) is 25.7 Å². The number of rotatable bonds is 4. The number of nitrogens with two attached hydrogens (primary N) is 1. The van der Waals surface area contributed by atoms with E-state index in [2.05, 4.69) is 5.32 Å². The molecular formula is C15H19F3N2O. The van der Waals surface area contributed by atoms with Crippen LogP contribution in [0.5, 0.6) is 0 Å². The molecule has 0 atom stereocenters. The first-order valence-electron chi connectivity index (χ1n) is 7.13. The molecule has 0 unspecified atom stereocenters. The molecule has 0 aromatic heterocycles. The third-order valence-electron chi connectivity index (χ3n) is 3.93. The van der Waals surface area contributed by atoms with Crippen LogP contribution >= 0.6 is 0 Å². The fourth-order valence-corrected chi connectivity index (χ4v) is 2.73. The molecule has 0 heterocycles. The van der Waals surface area contributed by atoms with E-state index in [0.29, 0.717) is 12.5 Å². The molecule has 1 aromatic rings. The fraction of sp³-hybridized carbons (Fsp3) is 0.533. The maximum absolute atomic E-state index is 12.7. The Morgan fingerprint density at radius 2 is 1.95 bits per heavy atom. The topological polar surface area (TPSA) is 55.1 Å². The zero-order valence-electron chi connectivity index (χ0n) is 11.7. The molecule has 0 bridgehead atoms. The number of hydrogen-bond acceptors (Lipinski definition) is 2. The van der Waals surface area contributed by atoms with Crippen molar-refractivity contribution in [3.05, 3.63) is 29.3 Å². The van der Waals surface area contributed by atoms with Crippen molar-refractivity contribution < 1.29 is 18.0 Å². The first kappa shape index (κ1) is 15.7. The Kier molecular flexibility index (Phi) is 4.75. The molecule has 1 fully saturated rings. The molecule has 0 aliphatic heterocycles. The smallest absolute Gasteiger partial charge is 0.398 e. The molecule has 3 nitrogen and oxygen atoms in total. The summed E-state index contributed by atoms with van der Waals surface area (Å²) >= 11 is 0. The average molecular weight is 300 g/mol. The van der Waals surface area contributed by atoms with E-state index in [4.69, 9.17) is 5.73 Å². The lowest BCUT2D eigenvalue weighted by Crippen LogP contribution is -2.26. The van der Waals surface area contributed by atoms with Crippen molar-refractivity contribution in [1.82, 2.24) is 5.32 Å². The summed E-state index contributed by atoms with van der Waals surface area (Å²) in [7, 11) is 0. The Labute approximate surface area is 121 Å². The molecule has 6 heteroatoms. The van der Waals surface area contributed by atoms with Gasteiger partial charge in [0.05, 0.1) is 5.56 Å². The molecule has 1 aliphatic carbocycles. The number of benzene rings is 1. The number of alkyl halides is 3. The monoisotopic (exact) mass is 300 g/mol. The van der Waals surface area contributed by atoms with E-state index < -0.39 is 17.6 Å². The molecule has 3 N–H and O–H groups in total. The maximum atomic E-state index is 12.7. The van der Waals surface area contributed by atoms with Gasteiger partial charge in [-0.05, 0) is 30.5 Å². The highest BCUT2D eigenvalue weighted by Gasteiger charge is 2.33. The highest BCUT2D eigenvalue weighted by atomic mass is 19.4. The van der Waals surface area contributed by atoms with Gasteiger partial charge in [-0.15, -0.1) is 0 Å². The summed E-state index contributed by atoms with van der Waals surface area (Å²) in [5.74, 6) is 0.140. The number of halogens is 3. The third-order valence-corrected chi connectivity index (χ3v) is 3.93. The second-order valence-electron chi connectivity index (χ2n) is 5.49. The number of nitrogen functional groups attached to an aromatic ring is 1. The predicted octanol–water partition coefficient (Wildman–Crippen LogP) is 3.60. The Balaban J connectivity index is 1.95. The summed E-state index contributed by atoms with van der Waals surface area (Å²) in [4.78, 5) is 11.9. The number of amides is 1. The van der Waals surface area contributed by atoms with Crippen LogP contribution in [0.1, 0.15) is 48.0 Å². The van der Waals surface area contributed by atoms with E-state index in [-0.39, 0.29) is 11.3 Å². The summed E-state index contributed by atoms with van der Waals surface area (Å²) in [5, 5.41) is 2.68. The minimum atomic E-state index is -4.55. The van der Waals surface area contributed by atoms with E-state index in [1.54, 1.807) is 0 Å². The van der Waals surface area contributed by atoms with Gasteiger partial charge in [0.1, 0.15) is 0 Å². The highest BCUT2D eigenvalue weighted by Crippen LogP contribution is 2.34. The number of anilines is 1. The number of hydrogen-bond donors (Lipinski definition) is 2. The van der Waals surface area contributed by atoms with Gasteiger partial charge < -0.3 is 11.1 Å². The normalized spacial score (nSPS) is 16.1. The molecular weight excluding hydrogens is 281 g/mol. The van der Waals surface area contributed by atoms with Gasteiger partial charge in [0.15, 0.2) is 0 Å². The van der Waals surface area contributed by atoms with E-state index >= 15 is 0 Å². The van der Waals surface area contributed by atoms with Crippen LogP contribution in [0.25, 0.3) is 0 Å². The fourth-order valence-electron chi connectivity index (χ4n) is 2.73. The number of carbonyl (C=O) groups excluding carboxylic acids is 1. The minimum absolute atomic E-state index is 0.0112.